The van der Waals surface area contributed by atoms with Crippen LogP contribution in [0.2, 0.25) is 0 Å². The number of nitrogens with one attached hydrogen (secondary N) is 2. The smallest absolute Gasteiger partial charge is 0.312 e. The summed E-state index contributed by atoms with van der Waals surface area (Å²) in [5, 5.41) is 6.04. The van der Waals surface area contributed by atoms with E-state index >= 15 is 0 Å². The molecule has 1 aromatic carbocycles. The number of benzene rings is 1. The van der Waals surface area contributed by atoms with Gasteiger partial charge in [-0.25, -0.2) is 9.78 Å². The van der Waals surface area contributed by atoms with Gasteiger partial charge >= 0.3 is 6.03 Å². The highest BCUT2D eigenvalue weighted by molar-refractivity contribution is 7.98. The van der Waals surface area contributed by atoms with Crippen molar-refractivity contribution in [3.63, 3.8) is 0 Å². The van der Waals surface area contributed by atoms with Gasteiger partial charge in [-0.3, -0.25) is 4.79 Å². The molecule has 3 rings (SSSR count). The number of thiazole rings is 1. The highest BCUT2D eigenvalue weighted by atomic mass is 32.2. The van der Waals surface area contributed by atoms with E-state index in [1.807, 2.05) is 36.6 Å². The second-order valence-electron chi connectivity index (χ2n) is 5.81. The number of thioether (sulfide) groups is 1. The minimum atomic E-state index is -0.715. The number of hydrogen-bond acceptors (Lipinski definition) is 6. The lowest BCUT2D eigenvalue weighted by atomic mass is 10.2. The Balaban J connectivity index is 1.62. The van der Waals surface area contributed by atoms with Gasteiger partial charge in [-0.1, -0.05) is 12.1 Å². The Morgan fingerprint density at radius 2 is 2.11 bits per heavy atom. The lowest BCUT2D eigenvalue weighted by Gasteiger charge is -2.16. The standard InChI is InChI=1S/C18H20N4O3S2/c1-26-9-8-13(22-18(19)24)16(23)20-10-11-6-7-14(25-11)17-21-12-4-2-3-5-15(12)27-17/h2-7,13H,8-10H2,1H3,(H,20,23)(H3,19,22,24). The van der Waals surface area contributed by atoms with Crippen molar-refractivity contribution >= 4 is 45.3 Å². The number of urea groups is 1. The van der Waals surface area contributed by atoms with Crippen molar-refractivity contribution in [1.29, 1.82) is 0 Å². The number of nitrogens with zero attached hydrogens (tertiary/aromatic N) is 1. The molecule has 0 saturated heterocycles. The van der Waals surface area contributed by atoms with Crippen LogP contribution in [0, 0.1) is 0 Å². The zero-order chi connectivity index (χ0) is 19.2. The first kappa shape index (κ1) is 19.2. The summed E-state index contributed by atoms with van der Waals surface area (Å²) in [6, 6.07) is 10.2. The highest BCUT2D eigenvalue weighted by Crippen LogP contribution is 2.31. The molecule has 0 fully saturated rings. The molecule has 3 aromatic rings. The third-order valence-corrected chi connectivity index (χ3v) is 5.54. The predicted octanol–water partition coefficient (Wildman–Crippen LogP) is 2.96. The molecule has 0 radical (unpaired) electrons. The summed E-state index contributed by atoms with van der Waals surface area (Å²) in [7, 11) is 0. The minimum Gasteiger partial charge on any atom is -0.457 e. The number of carbonyl (C=O) groups is 2. The Labute approximate surface area is 164 Å². The summed E-state index contributed by atoms with van der Waals surface area (Å²) < 4.78 is 6.90. The molecule has 2 aromatic heterocycles. The molecule has 0 aliphatic rings. The maximum atomic E-state index is 12.3. The fourth-order valence-electron chi connectivity index (χ4n) is 2.54. The first-order valence-electron chi connectivity index (χ1n) is 8.34. The third kappa shape index (κ3) is 5.01. The van der Waals surface area contributed by atoms with E-state index in [0.29, 0.717) is 17.9 Å². The zero-order valence-electron chi connectivity index (χ0n) is 14.7. The summed E-state index contributed by atoms with van der Waals surface area (Å²) >= 11 is 3.15. The molecular formula is C18H20N4O3S2. The molecule has 0 aliphatic heterocycles. The fraction of sp³-hybridized carbons (Fsp3) is 0.278. The maximum absolute atomic E-state index is 12.3. The van der Waals surface area contributed by atoms with Gasteiger partial charge in [0, 0.05) is 0 Å². The average Bonchev–Trinajstić information content (AvgIpc) is 3.29. The monoisotopic (exact) mass is 404 g/mol. The number of furan rings is 1. The number of para-hydroxylation sites is 1. The van der Waals surface area contributed by atoms with Crippen LogP contribution >= 0.6 is 23.1 Å². The molecule has 1 unspecified atom stereocenters. The first-order chi connectivity index (χ1) is 13.1. The Hall–Kier alpha value is -2.52. The minimum absolute atomic E-state index is 0.222. The number of aromatic nitrogens is 1. The van der Waals surface area contributed by atoms with Gasteiger partial charge < -0.3 is 20.8 Å². The Morgan fingerprint density at radius 1 is 1.30 bits per heavy atom. The molecule has 0 spiro atoms. The summed E-state index contributed by atoms with van der Waals surface area (Å²) in [5.74, 6) is 1.72. The summed E-state index contributed by atoms with van der Waals surface area (Å²) in [6.45, 7) is 0.222. The van der Waals surface area contributed by atoms with Crippen LogP contribution in [0.5, 0.6) is 0 Å². The van der Waals surface area contributed by atoms with Crippen molar-refractivity contribution in [2.75, 3.05) is 12.0 Å². The lowest BCUT2D eigenvalue weighted by molar-refractivity contribution is -0.123. The van der Waals surface area contributed by atoms with Crippen LogP contribution in [0.4, 0.5) is 4.79 Å². The van der Waals surface area contributed by atoms with Gasteiger partial charge in [-0.15, -0.1) is 11.3 Å². The molecule has 0 saturated carbocycles. The van der Waals surface area contributed by atoms with Crippen LogP contribution in [0.1, 0.15) is 12.2 Å². The second-order valence-corrected chi connectivity index (χ2v) is 7.83. The van der Waals surface area contributed by atoms with E-state index in [9.17, 15) is 9.59 Å². The van der Waals surface area contributed by atoms with Gasteiger partial charge in [0.05, 0.1) is 16.8 Å². The molecule has 9 heteroatoms. The van der Waals surface area contributed by atoms with Gasteiger partial charge in [0.25, 0.3) is 0 Å². The second kappa shape index (κ2) is 8.92. The van der Waals surface area contributed by atoms with Crippen LogP contribution in [-0.2, 0) is 11.3 Å². The Morgan fingerprint density at radius 3 is 2.85 bits per heavy atom. The predicted molar refractivity (Wildman–Crippen MR) is 109 cm³/mol. The molecule has 0 aliphatic carbocycles. The topological polar surface area (TPSA) is 110 Å². The number of carbonyl (C=O) groups excluding carboxylic acids is 2. The van der Waals surface area contributed by atoms with E-state index < -0.39 is 12.1 Å². The lowest BCUT2D eigenvalue weighted by Crippen LogP contribution is -2.48. The molecule has 3 amide bonds. The number of rotatable bonds is 8. The van der Waals surface area contributed by atoms with Crippen molar-refractivity contribution in [3.8, 4) is 10.8 Å². The number of hydrogen-bond donors (Lipinski definition) is 3. The van der Waals surface area contributed by atoms with E-state index in [1.54, 1.807) is 29.2 Å². The van der Waals surface area contributed by atoms with Gasteiger partial charge in [0.2, 0.25) is 5.91 Å². The molecule has 2 heterocycles. The summed E-state index contributed by atoms with van der Waals surface area (Å²) in [5.41, 5.74) is 6.08. The molecule has 142 valence electrons. The van der Waals surface area contributed by atoms with E-state index in [1.165, 1.54) is 0 Å². The number of amides is 3. The first-order valence-corrected chi connectivity index (χ1v) is 10.5. The third-order valence-electron chi connectivity index (χ3n) is 3.85. The van der Waals surface area contributed by atoms with Crippen molar-refractivity contribution in [2.24, 2.45) is 5.73 Å². The summed E-state index contributed by atoms with van der Waals surface area (Å²) in [4.78, 5) is 28.0. The largest absolute Gasteiger partial charge is 0.457 e. The van der Waals surface area contributed by atoms with E-state index in [0.717, 1.165) is 21.0 Å². The van der Waals surface area contributed by atoms with Crippen molar-refractivity contribution in [1.82, 2.24) is 15.6 Å². The molecule has 4 N–H and O–H groups in total. The molecule has 7 nitrogen and oxygen atoms in total. The average molecular weight is 405 g/mol. The van der Waals surface area contributed by atoms with E-state index in [-0.39, 0.29) is 12.5 Å². The molecular weight excluding hydrogens is 384 g/mol. The number of nitrogens with two attached hydrogens (primary N) is 1. The normalized spacial score (nSPS) is 12.0. The van der Waals surface area contributed by atoms with Gasteiger partial charge in [0.1, 0.15) is 11.8 Å². The number of primary amides is 1. The zero-order valence-corrected chi connectivity index (χ0v) is 16.4. The summed E-state index contributed by atoms with van der Waals surface area (Å²) in [6.07, 6.45) is 2.44. The van der Waals surface area contributed by atoms with Gasteiger partial charge in [0.15, 0.2) is 10.8 Å². The van der Waals surface area contributed by atoms with Crippen LogP contribution in [0.3, 0.4) is 0 Å². The van der Waals surface area contributed by atoms with E-state index in [4.69, 9.17) is 10.2 Å². The van der Waals surface area contributed by atoms with Crippen LogP contribution in [0.15, 0.2) is 40.8 Å². The Bertz CT molecular complexity index is 904. The Kier molecular flexibility index (Phi) is 6.36. The van der Waals surface area contributed by atoms with Crippen LogP contribution in [-0.4, -0.2) is 35.0 Å². The fourth-order valence-corrected chi connectivity index (χ4v) is 3.94. The van der Waals surface area contributed by atoms with Gasteiger partial charge in [-0.05, 0) is 42.7 Å². The maximum Gasteiger partial charge on any atom is 0.312 e. The highest BCUT2D eigenvalue weighted by Gasteiger charge is 2.19. The number of fused-ring (bicyclic) bond motifs is 1. The van der Waals surface area contributed by atoms with E-state index in [2.05, 4.69) is 15.6 Å². The van der Waals surface area contributed by atoms with Crippen LogP contribution < -0.4 is 16.4 Å². The van der Waals surface area contributed by atoms with Gasteiger partial charge in [-0.2, -0.15) is 11.8 Å². The van der Waals surface area contributed by atoms with Crippen molar-refractivity contribution < 1.29 is 14.0 Å². The molecule has 0 bridgehead atoms. The quantitative estimate of drug-likeness (QED) is 0.535. The SMILES string of the molecule is CSCCC(NC(N)=O)C(=O)NCc1ccc(-c2nc3ccccc3s2)o1. The van der Waals surface area contributed by atoms with Crippen molar-refractivity contribution in [3.05, 3.63) is 42.2 Å². The van der Waals surface area contributed by atoms with Crippen molar-refractivity contribution in [2.45, 2.75) is 19.0 Å². The molecule has 1 atom stereocenters. The molecule has 27 heavy (non-hydrogen) atoms. The van der Waals surface area contributed by atoms with Crippen LogP contribution in [0.25, 0.3) is 21.0 Å².